The van der Waals surface area contributed by atoms with Gasteiger partial charge < -0.3 is 19.3 Å². The second kappa shape index (κ2) is 11.4. The highest BCUT2D eigenvalue weighted by Gasteiger charge is 2.66. The Morgan fingerprint density at radius 3 is 2.24 bits per heavy atom. The molecule has 7 nitrogen and oxygen atoms in total. The molecule has 4 aliphatic carbocycles. The third-order valence-corrected chi connectivity index (χ3v) is 12.9. The van der Waals surface area contributed by atoms with Crippen molar-refractivity contribution in [3.63, 3.8) is 0 Å². The van der Waals surface area contributed by atoms with Crippen LogP contribution in [-0.2, 0) is 28.6 Å². The number of fused-ring (bicyclic) bond motifs is 4. The SMILES string of the molecule is COC1C[C@H]2C(C)(C)C(OC(C)=O)CC[C@]2(C)C2=C1[C@]1(C)CC[C@H]([C@H](C)C(C/C=C(/C)C(=O)O)OC(C)=O)[C@@]1(C)CC2. The van der Waals surface area contributed by atoms with E-state index in [1.165, 1.54) is 19.4 Å². The quantitative estimate of drug-likeness (QED) is 0.181. The van der Waals surface area contributed by atoms with Crippen molar-refractivity contribution in [3.05, 3.63) is 22.8 Å². The van der Waals surface area contributed by atoms with Crippen LogP contribution in [0.4, 0.5) is 0 Å². The third kappa shape index (κ3) is 5.16. The molecule has 9 atom stereocenters. The summed E-state index contributed by atoms with van der Waals surface area (Å²) in [7, 11) is 1.84. The van der Waals surface area contributed by atoms with E-state index in [0.29, 0.717) is 18.3 Å². The lowest BCUT2D eigenvalue weighted by atomic mass is 9.42. The molecule has 3 unspecified atom stereocenters. The summed E-state index contributed by atoms with van der Waals surface area (Å²) in [5.41, 5.74) is 3.13. The van der Waals surface area contributed by atoms with Crippen LogP contribution >= 0.6 is 0 Å². The van der Waals surface area contributed by atoms with Crippen LogP contribution < -0.4 is 0 Å². The molecule has 7 heteroatoms. The van der Waals surface area contributed by atoms with Gasteiger partial charge in [0.1, 0.15) is 12.2 Å². The van der Waals surface area contributed by atoms with Gasteiger partial charge in [-0.25, -0.2) is 4.79 Å². The molecular formula is C35H54O7. The first kappa shape index (κ1) is 32.8. The molecule has 2 saturated carbocycles. The molecule has 1 N–H and O–H groups in total. The van der Waals surface area contributed by atoms with Gasteiger partial charge in [-0.3, -0.25) is 9.59 Å². The van der Waals surface area contributed by atoms with Crippen LogP contribution in [-0.4, -0.2) is 48.4 Å². The molecule has 0 aromatic heterocycles. The number of hydrogen-bond donors (Lipinski definition) is 1. The Balaban J connectivity index is 1.72. The Morgan fingerprint density at radius 1 is 1.00 bits per heavy atom. The van der Waals surface area contributed by atoms with Gasteiger partial charge in [-0.2, -0.15) is 0 Å². The average molecular weight is 587 g/mol. The Morgan fingerprint density at radius 2 is 1.67 bits per heavy atom. The predicted octanol–water partition coefficient (Wildman–Crippen LogP) is 7.28. The molecule has 0 radical (unpaired) electrons. The highest BCUT2D eigenvalue weighted by molar-refractivity contribution is 5.85. The van der Waals surface area contributed by atoms with Gasteiger partial charge in [0.05, 0.1) is 6.10 Å². The van der Waals surface area contributed by atoms with Gasteiger partial charge in [-0.05, 0) is 91.4 Å². The maximum absolute atomic E-state index is 12.1. The van der Waals surface area contributed by atoms with E-state index in [4.69, 9.17) is 14.2 Å². The lowest BCUT2D eigenvalue weighted by Gasteiger charge is -2.63. The molecule has 0 saturated heterocycles. The van der Waals surface area contributed by atoms with Crippen LogP contribution in [0.3, 0.4) is 0 Å². The number of esters is 2. The van der Waals surface area contributed by atoms with Crippen molar-refractivity contribution in [2.24, 2.45) is 39.4 Å². The predicted molar refractivity (Wildman–Crippen MR) is 162 cm³/mol. The lowest BCUT2D eigenvalue weighted by Crippen LogP contribution is -2.58. The van der Waals surface area contributed by atoms with Gasteiger partial charge in [-0.1, -0.05) is 53.2 Å². The van der Waals surface area contributed by atoms with E-state index < -0.39 is 5.97 Å². The molecule has 236 valence electrons. The van der Waals surface area contributed by atoms with E-state index in [-0.39, 0.29) is 63.4 Å². The highest BCUT2D eigenvalue weighted by Crippen LogP contribution is 2.73. The Labute approximate surface area is 252 Å². The highest BCUT2D eigenvalue weighted by atomic mass is 16.5. The number of carbonyl (C=O) groups is 3. The van der Waals surface area contributed by atoms with E-state index in [2.05, 4.69) is 41.5 Å². The number of rotatable bonds is 8. The van der Waals surface area contributed by atoms with Crippen LogP contribution in [0.5, 0.6) is 0 Å². The minimum atomic E-state index is -0.948. The number of allylic oxidation sites excluding steroid dienone is 1. The number of carboxylic acids is 1. The minimum absolute atomic E-state index is 0.0116. The fraction of sp³-hybridized carbons (Fsp3) is 0.800. The summed E-state index contributed by atoms with van der Waals surface area (Å²) in [6.45, 7) is 18.6. The first-order valence-electron chi connectivity index (χ1n) is 15.9. The van der Waals surface area contributed by atoms with E-state index in [1.54, 1.807) is 18.6 Å². The first-order chi connectivity index (χ1) is 19.4. The molecule has 42 heavy (non-hydrogen) atoms. The molecule has 0 bridgehead atoms. The molecule has 4 aliphatic rings. The summed E-state index contributed by atoms with van der Waals surface area (Å²) >= 11 is 0. The summed E-state index contributed by atoms with van der Waals surface area (Å²) in [4.78, 5) is 35.6. The van der Waals surface area contributed by atoms with Gasteiger partial charge in [0, 0.05) is 38.4 Å². The van der Waals surface area contributed by atoms with Crippen molar-refractivity contribution in [3.8, 4) is 0 Å². The standard InChI is InChI=1S/C35H54O7/c1-20(31(38)39)11-12-26(41-22(3)36)21(2)24-13-18-35(9)30-25(14-17-34(24,35)8)33(7)16-15-29(42-23(4)37)32(5,6)28(33)19-27(30)40-10/h11,21,24,26-29H,12-19H2,1-10H3,(H,38,39)/b20-11-/t21-,24+,26?,27?,28-,29?,33+,34+,35-/m0/s1. The van der Waals surface area contributed by atoms with E-state index in [9.17, 15) is 19.5 Å². The molecule has 4 rings (SSSR count). The monoisotopic (exact) mass is 586 g/mol. The zero-order chi connectivity index (χ0) is 31.4. The molecule has 0 aromatic carbocycles. The van der Waals surface area contributed by atoms with Gasteiger partial charge in [-0.15, -0.1) is 0 Å². The molecular weight excluding hydrogens is 532 g/mol. The summed E-state index contributed by atoms with van der Waals surface area (Å²) in [5, 5.41) is 9.39. The second-order valence-corrected chi connectivity index (χ2v) is 15.1. The fourth-order valence-corrected chi connectivity index (χ4v) is 10.3. The van der Waals surface area contributed by atoms with Gasteiger partial charge >= 0.3 is 17.9 Å². The van der Waals surface area contributed by atoms with Crippen LogP contribution in [0.1, 0.15) is 114 Å². The summed E-state index contributed by atoms with van der Waals surface area (Å²) < 4.78 is 18.1. The number of hydrogen-bond acceptors (Lipinski definition) is 6. The van der Waals surface area contributed by atoms with Crippen molar-refractivity contribution in [1.82, 2.24) is 0 Å². The summed E-state index contributed by atoms with van der Waals surface area (Å²) in [6.07, 6.45) is 8.58. The molecule has 0 aromatic rings. The fourth-order valence-electron chi connectivity index (χ4n) is 10.3. The van der Waals surface area contributed by atoms with Crippen LogP contribution in [0.2, 0.25) is 0 Å². The van der Waals surface area contributed by atoms with Crippen molar-refractivity contribution >= 4 is 17.9 Å². The number of carbonyl (C=O) groups excluding carboxylic acids is 2. The van der Waals surface area contributed by atoms with Gasteiger partial charge in [0.25, 0.3) is 0 Å². The van der Waals surface area contributed by atoms with Crippen molar-refractivity contribution in [2.45, 2.75) is 132 Å². The third-order valence-electron chi connectivity index (χ3n) is 12.9. The Bertz CT molecular complexity index is 1170. The molecule has 2 fully saturated rings. The molecule has 0 amide bonds. The van der Waals surface area contributed by atoms with Gasteiger partial charge in [0.15, 0.2) is 0 Å². The van der Waals surface area contributed by atoms with Crippen molar-refractivity contribution < 1.29 is 33.7 Å². The summed E-state index contributed by atoms with van der Waals surface area (Å²) in [6, 6.07) is 0. The van der Waals surface area contributed by atoms with Crippen LogP contribution in [0.15, 0.2) is 22.8 Å². The number of ether oxygens (including phenoxy) is 3. The number of carboxylic acid groups (broad SMARTS) is 1. The molecule has 0 spiro atoms. The van der Waals surface area contributed by atoms with Crippen molar-refractivity contribution in [2.75, 3.05) is 7.11 Å². The topological polar surface area (TPSA) is 99.1 Å². The first-order valence-corrected chi connectivity index (χ1v) is 15.9. The summed E-state index contributed by atoms with van der Waals surface area (Å²) in [5.74, 6) is -0.746. The average Bonchev–Trinajstić information content (AvgIpc) is 3.18. The number of methoxy groups -OCH3 is 1. The molecule has 0 aliphatic heterocycles. The zero-order valence-corrected chi connectivity index (χ0v) is 27.6. The minimum Gasteiger partial charge on any atom is -0.478 e. The Hall–Kier alpha value is -2.15. The van der Waals surface area contributed by atoms with E-state index in [0.717, 1.165) is 44.9 Å². The normalized spacial score (nSPS) is 39.0. The lowest BCUT2D eigenvalue weighted by molar-refractivity contribution is -0.170. The molecule has 0 heterocycles. The smallest absolute Gasteiger partial charge is 0.330 e. The second-order valence-electron chi connectivity index (χ2n) is 15.1. The largest absolute Gasteiger partial charge is 0.478 e. The Kier molecular flexibility index (Phi) is 8.90. The van der Waals surface area contributed by atoms with Crippen molar-refractivity contribution in [1.29, 1.82) is 0 Å². The van der Waals surface area contributed by atoms with Crippen LogP contribution in [0, 0.1) is 39.4 Å². The van der Waals surface area contributed by atoms with E-state index >= 15 is 0 Å². The van der Waals surface area contributed by atoms with E-state index in [1.807, 2.05) is 7.11 Å². The maximum atomic E-state index is 12.1. The van der Waals surface area contributed by atoms with Crippen LogP contribution in [0.25, 0.3) is 0 Å². The number of aliphatic carboxylic acids is 1. The van der Waals surface area contributed by atoms with Gasteiger partial charge in [0.2, 0.25) is 0 Å². The zero-order valence-electron chi connectivity index (χ0n) is 27.6. The maximum Gasteiger partial charge on any atom is 0.330 e.